The van der Waals surface area contributed by atoms with E-state index in [1.807, 2.05) is 0 Å². The van der Waals surface area contributed by atoms with E-state index in [0.717, 1.165) is 6.42 Å². The first-order valence-corrected chi connectivity index (χ1v) is 6.26. The highest BCUT2D eigenvalue weighted by Crippen LogP contribution is 2.44. The molecule has 1 aliphatic rings. The topological polar surface area (TPSA) is 82.2 Å². The van der Waals surface area contributed by atoms with Gasteiger partial charge < -0.3 is 20.2 Å². The Bertz CT molecular complexity index is 509. The van der Waals surface area contributed by atoms with E-state index < -0.39 is 4.92 Å². The molecule has 19 heavy (non-hydrogen) atoms. The maximum absolute atomic E-state index is 11.0. The first-order chi connectivity index (χ1) is 8.78. The first kappa shape index (κ1) is 13.8. The second kappa shape index (κ2) is 4.48. The molecule has 1 aromatic heterocycles. The summed E-state index contributed by atoms with van der Waals surface area (Å²) < 4.78 is 7.10. The Kier molecular flexibility index (Phi) is 3.25. The number of methoxy groups -OCH3 is 1. The predicted molar refractivity (Wildman–Crippen MR) is 71.2 cm³/mol. The van der Waals surface area contributed by atoms with E-state index in [2.05, 4.69) is 24.1 Å². The summed E-state index contributed by atoms with van der Waals surface area (Å²) in [5.74, 6) is 0.974. The highest BCUT2D eigenvalue weighted by atomic mass is 16.6. The lowest BCUT2D eigenvalue weighted by atomic mass is 9.64. The fourth-order valence-corrected chi connectivity index (χ4v) is 2.58. The maximum Gasteiger partial charge on any atom is 0.406 e. The molecule has 1 aromatic rings. The molecule has 2 unspecified atom stereocenters. The molecule has 7 heteroatoms. The van der Waals surface area contributed by atoms with Crippen molar-refractivity contribution in [1.82, 2.24) is 9.55 Å². The number of anilines is 1. The van der Waals surface area contributed by atoms with E-state index >= 15 is 0 Å². The number of nitro groups is 1. The molecule has 0 aromatic carbocycles. The minimum absolute atomic E-state index is 0.0548. The quantitative estimate of drug-likeness (QED) is 0.665. The zero-order valence-corrected chi connectivity index (χ0v) is 11.9. The van der Waals surface area contributed by atoms with Crippen molar-refractivity contribution in [1.29, 1.82) is 0 Å². The molecular formula is C12H20N4O3. The summed E-state index contributed by atoms with van der Waals surface area (Å²) in [6.45, 7) is 5.94. The van der Waals surface area contributed by atoms with Crippen molar-refractivity contribution in [3.63, 3.8) is 0 Å². The number of hydrogen-bond donors (Lipinski definition) is 1. The Hall–Kier alpha value is -1.63. The lowest BCUT2D eigenvalue weighted by Crippen LogP contribution is -2.57. The van der Waals surface area contributed by atoms with Crippen LogP contribution >= 0.6 is 0 Å². The van der Waals surface area contributed by atoms with Crippen LogP contribution in [0, 0.1) is 22.5 Å². The van der Waals surface area contributed by atoms with Gasteiger partial charge in [-0.1, -0.05) is 13.8 Å². The van der Waals surface area contributed by atoms with E-state index in [1.54, 1.807) is 25.6 Å². The summed E-state index contributed by atoms with van der Waals surface area (Å²) in [5, 5.41) is 14.3. The first-order valence-electron chi connectivity index (χ1n) is 6.26. The van der Waals surface area contributed by atoms with Gasteiger partial charge in [0.25, 0.3) is 0 Å². The number of nitrogens with zero attached hydrogens (tertiary/aromatic N) is 3. The van der Waals surface area contributed by atoms with E-state index in [-0.39, 0.29) is 23.4 Å². The Morgan fingerprint density at radius 2 is 2.21 bits per heavy atom. The van der Waals surface area contributed by atoms with Gasteiger partial charge in [0.2, 0.25) is 11.6 Å². The molecule has 106 valence electrons. The third-order valence-electron chi connectivity index (χ3n) is 4.25. The molecule has 0 aliphatic heterocycles. The number of ether oxygens (including phenoxy) is 1. The van der Waals surface area contributed by atoms with Gasteiger partial charge in [-0.05, 0) is 16.3 Å². The molecule has 2 rings (SSSR count). The molecule has 0 saturated heterocycles. The normalized spacial score (nSPS) is 24.9. The van der Waals surface area contributed by atoms with Crippen LogP contribution in [0.4, 0.5) is 11.6 Å². The number of aryl methyl sites for hydroxylation is 1. The van der Waals surface area contributed by atoms with Crippen molar-refractivity contribution in [2.24, 2.45) is 12.5 Å². The van der Waals surface area contributed by atoms with Gasteiger partial charge >= 0.3 is 5.82 Å². The molecule has 1 saturated carbocycles. The molecule has 1 heterocycles. The van der Waals surface area contributed by atoms with Crippen LogP contribution in [0.5, 0.6) is 0 Å². The monoisotopic (exact) mass is 268 g/mol. The number of nitrogens with one attached hydrogen (secondary N) is 1. The number of rotatable bonds is 4. The maximum atomic E-state index is 11.0. The van der Waals surface area contributed by atoms with Crippen molar-refractivity contribution in [3.8, 4) is 0 Å². The summed E-state index contributed by atoms with van der Waals surface area (Å²) in [4.78, 5) is 14.6. The second-order valence-electron chi connectivity index (χ2n) is 5.63. The van der Waals surface area contributed by atoms with Gasteiger partial charge in [-0.2, -0.15) is 0 Å². The highest BCUT2D eigenvalue weighted by molar-refractivity contribution is 5.55. The van der Waals surface area contributed by atoms with Crippen molar-refractivity contribution in [2.45, 2.75) is 39.3 Å². The second-order valence-corrected chi connectivity index (χ2v) is 5.63. The molecule has 1 N–H and O–H groups in total. The van der Waals surface area contributed by atoms with Crippen LogP contribution in [-0.2, 0) is 11.8 Å². The van der Waals surface area contributed by atoms with Crippen LogP contribution in [0.3, 0.4) is 0 Å². The molecule has 0 bridgehead atoms. The fraction of sp³-hybridized carbons (Fsp3) is 0.750. The lowest BCUT2D eigenvalue weighted by Gasteiger charge is -2.51. The molecule has 2 atom stereocenters. The van der Waals surface area contributed by atoms with E-state index in [1.165, 1.54) is 0 Å². The van der Waals surface area contributed by atoms with Crippen LogP contribution < -0.4 is 5.32 Å². The Morgan fingerprint density at radius 1 is 1.58 bits per heavy atom. The van der Waals surface area contributed by atoms with E-state index in [0.29, 0.717) is 11.6 Å². The van der Waals surface area contributed by atoms with Gasteiger partial charge in [0.15, 0.2) is 0 Å². The van der Waals surface area contributed by atoms with Crippen LogP contribution in [0.25, 0.3) is 0 Å². The fourth-order valence-electron chi connectivity index (χ4n) is 2.58. The summed E-state index contributed by atoms with van der Waals surface area (Å²) in [5.41, 5.74) is -0.0548. The van der Waals surface area contributed by atoms with Gasteiger partial charge in [0.1, 0.15) is 0 Å². The van der Waals surface area contributed by atoms with Crippen molar-refractivity contribution >= 4 is 11.6 Å². The SMILES string of the molecule is COC1CC(Nc2c([N+](=O)[O-])nc(C)n2C)C1(C)C. The van der Waals surface area contributed by atoms with Gasteiger partial charge in [0, 0.05) is 32.5 Å². The molecular weight excluding hydrogens is 248 g/mol. The standard InChI is InChI=1S/C12H20N4O3/c1-7-13-11(16(17)18)10(15(7)4)14-8-6-9(19-5)12(8,2)3/h8-9,14H,6H2,1-5H3. The zero-order chi connectivity index (χ0) is 14.4. The minimum atomic E-state index is -0.450. The van der Waals surface area contributed by atoms with E-state index in [4.69, 9.17) is 4.74 Å². The smallest absolute Gasteiger partial charge is 0.381 e. The molecule has 7 nitrogen and oxygen atoms in total. The highest BCUT2D eigenvalue weighted by Gasteiger charge is 2.49. The van der Waals surface area contributed by atoms with Gasteiger partial charge in [-0.15, -0.1) is 0 Å². The Labute approximate surface area is 112 Å². The van der Waals surface area contributed by atoms with Crippen LogP contribution in [0.1, 0.15) is 26.1 Å². The molecule has 1 aliphatic carbocycles. The molecule has 0 radical (unpaired) electrons. The summed E-state index contributed by atoms with van der Waals surface area (Å²) >= 11 is 0. The summed E-state index contributed by atoms with van der Waals surface area (Å²) in [6, 6.07) is 0.144. The van der Waals surface area contributed by atoms with E-state index in [9.17, 15) is 10.1 Å². The molecule has 0 amide bonds. The Balaban J connectivity index is 2.23. The van der Waals surface area contributed by atoms with Gasteiger partial charge in [0.05, 0.1) is 6.10 Å². The molecule has 1 fully saturated rings. The van der Waals surface area contributed by atoms with Crippen molar-refractivity contribution in [2.75, 3.05) is 12.4 Å². The van der Waals surface area contributed by atoms with Crippen LogP contribution in [0.2, 0.25) is 0 Å². The van der Waals surface area contributed by atoms with Crippen molar-refractivity contribution in [3.05, 3.63) is 15.9 Å². The number of aromatic nitrogens is 2. The predicted octanol–water partition coefficient (Wildman–Crippen LogP) is 1.86. The zero-order valence-electron chi connectivity index (χ0n) is 11.9. The van der Waals surface area contributed by atoms with Gasteiger partial charge in [-0.3, -0.25) is 4.57 Å². The van der Waals surface area contributed by atoms with Crippen molar-refractivity contribution < 1.29 is 9.66 Å². The number of imidazole rings is 1. The van der Waals surface area contributed by atoms with Gasteiger partial charge in [-0.25, -0.2) is 0 Å². The number of hydrogen-bond acceptors (Lipinski definition) is 5. The summed E-state index contributed by atoms with van der Waals surface area (Å²) in [7, 11) is 3.47. The van der Waals surface area contributed by atoms with Crippen LogP contribution in [-0.4, -0.2) is 33.7 Å². The largest absolute Gasteiger partial charge is 0.406 e. The molecule has 0 spiro atoms. The van der Waals surface area contributed by atoms with Crippen LogP contribution in [0.15, 0.2) is 0 Å². The summed E-state index contributed by atoms with van der Waals surface area (Å²) in [6.07, 6.45) is 1.02. The third-order valence-corrected chi connectivity index (χ3v) is 4.25. The average molecular weight is 268 g/mol. The third kappa shape index (κ3) is 2.07. The minimum Gasteiger partial charge on any atom is -0.381 e. The average Bonchev–Trinajstić information content (AvgIpc) is 2.61. The lowest BCUT2D eigenvalue weighted by molar-refractivity contribution is -0.388. The Morgan fingerprint density at radius 3 is 2.68 bits per heavy atom.